The number of benzene rings is 2. The first-order valence-electron chi connectivity index (χ1n) is 8.60. The highest BCUT2D eigenvalue weighted by atomic mass is 32.2. The van der Waals surface area contributed by atoms with Gasteiger partial charge in [-0.2, -0.15) is 0 Å². The number of carbonyl (C=O) groups is 1. The third-order valence-electron chi connectivity index (χ3n) is 4.33. The largest absolute Gasteiger partial charge is 0.306 e. The second-order valence-electron chi connectivity index (χ2n) is 6.36. The topological polar surface area (TPSA) is 80.5 Å². The molecule has 140 valence electrons. The summed E-state index contributed by atoms with van der Waals surface area (Å²) in [7, 11) is -3.82. The maximum Gasteiger partial charge on any atom is 0.261 e. The molecule has 4 rings (SSSR count). The Hall–Kier alpha value is -3.45. The predicted molar refractivity (Wildman–Crippen MR) is 108 cm³/mol. The van der Waals surface area contributed by atoms with Gasteiger partial charge in [-0.1, -0.05) is 30.3 Å². The van der Waals surface area contributed by atoms with Gasteiger partial charge in [0.25, 0.3) is 10.0 Å². The highest BCUT2D eigenvalue weighted by molar-refractivity contribution is 7.92. The van der Waals surface area contributed by atoms with Gasteiger partial charge in [-0.25, -0.2) is 13.4 Å². The Bertz CT molecular complexity index is 1260. The normalized spacial score (nSPS) is 11.5. The van der Waals surface area contributed by atoms with Gasteiger partial charge in [0.15, 0.2) is 5.78 Å². The van der Waals surface area contributed by atoms with Crippen LogP contribution in [0.25, 0.3) is 16.9 Å². The zero-order valence-corrected chi connectivity index (χ0v) is 15.8. The zero-order chi connectivity index (χ0) is 19.7. The molecule has 0 aliphatic heterocycles. The number of aromatic nitrogens is 2. The number of fused-ring (bicyclic) bond motifs is 1. The standard InChI is InChI=1S/C21H17N3O3S/c1-15(25)16-6-5-9-19(13-16)28(26,27)23-18-8-4-7-17(12-18)20-14-24-11-3-2-10-21(24)22-20/h2-14,23H,1H3. The number of rotatable bonds is 5. The van der Waals surface area contributed by atoms with Gasteiger partial charge >= 0.3 is 0 Å². The number of hydrogen-bond donors (Lipinski definition) is 1. The molecule has 2 aromatic heterocycles. The molecular weight excluding hydrogens is 374 g/mol. The van der Waals surface area contributed by atoms with Gasteiger partial charge in [0, 0.05) is 29.2 Å². The smallest absolute Gasteiger partial charge is 0.261 e. The van der Waals surface area contributed by atoms with E-state index < -0.39 is 10.0 Å². The third kappa shape index (κ3) is 3.52. The molecule has 0 atom stereocenters. The summed E-state index contributed by atoms with van der Waals surface area (Å²) in [4.78, 5) is 16.1. The van der Waals surface area contributed by atoms with Crippen molar-refractivity contribution in [2.75, 3.05) is 4.72 Å². The maximum atomic E-state index is 12.7. The number of nitrogens with zero attached hydrogens (tertiary/aromatic N) is 2. The van der Waals surface area contributed by atoms with E-state index in [0.29, 0.717) is 11.3 Å². The van der Waals surface area contributed by atoms with Crippen molar-refractivity contribution in [3.05, 3.63) is 84.7 Å². The van der Waals surface area contributed by atoms with Gasteiger partial charge < -0.3 is 4.40 Å². The number of pyridine rings is 1. The number of imidazole rings is 1. The summed E-state index contributed by atoms with van der Waals surface area (Å²) in [5.41, 5.74) is 3.11. The molecule has 2 heterocycles. The van der Waals surface area contributed by atoms with Crippen molar-refractivity contribution in [2.45, 2.75) is 11.8 Å². The number of ketones is 1. The minimum absolute atomic E-state index is 0.0401. The van der Waals surface area contributed by atoms with E-state index in [2.05, 4.69) is 9.71 Å². The lowest BCUT2D eigenvalue weighted by atomic mass is 10.1. The van der Waals surface area contributed by atoms with Crippen molar-refractivity contribution in [2.24, 2.45) is 0 Å². The molecule has 0 aliphatic carbocycles. The molecule has 6 nitrogen and oxygen atoms in total. The van der Waals surface area contributed by atoms with Gasteiger partial charge in [-0.05, 0) is 43.3 Å². The minimum atomic E-state index is -3.82. The van der Waals surface area contributed by atoms with Gasteiger partial charge in [0.2, 0.25) is 0 Å². The second-order valence-corrected chi connectivity index (χ2v) is 8.04. The summed E-state index contributed by atoms with van der Waals surface area (Å²) in [5.74, 6) is -0.189. The predicted octanol–water partition coefficient (Wildman–Crippen LogP) is 4.00. The quantitative estimate of drug-likeness (QED) is 0.521. The van der Waals surface area contributed by atoms with Crippen LogP contribution in [-0.2, 0) is 10.0 Å². The van der Waals surface area contributed by atoms with Crippen LogP contribution in [0.4, 0.5) is 5.69 Å². The van der Waals surface area contributed by atoms with E-state index in [9.17, 15) is 13.2 Å². The fourth-order valence-corrected chi connectivity index (χ4v) is 4.01. The highest BCUT2D eigenvalue weighted by Gasteiger charge is 2.16. The second kappa shape index (κ2) is 6.94. The van der Waals surface area contributed by atoms with E-state index in [4.69, 9.17) is 0 Å². The molecule has 0 radical (unpaired) electrons. The van der Waals surface area contributed by atoms with Crippen LogP contribution in [0.3, 0.4) is 0 Å². The van der Waals surface area contributed by atoms with Crippen LogP contribution < -0.4 is 4.72 Å². The number of hydrogen-bond acceptors (Lipinski definition) is 4. The first-order chi connectivity index (χ1) is 13.4. The van der Waals surface area contributed by atoms with Crippen molar-refractivity contribution < 1.29 is 13.2 Å². The lowest BCUT2D eigenvalue weighted by Gasteiger charge is -2.10. The molecule has 0 saturated heterocycles. The van der Waals surface area contributed by atoms with Crippen LogP contribution in [0, 0.1) is 0 Å². The van der Waals surface area contributed by atoms with E-state index in [1.807, 2.05) is 41.1 Å². The first-order valence-corrected chi connectivity index (χ1v) is 10.1. The van der Waals surface area contributed by atoms with Crippen LogP contribution in [0.2, 0.25) is 0 Å². The summed E-state index contributed by atoms with van der Waals surface area (Å²) in [6.07, 6.45) is 3.79. The Balaban J connectivity index is 1.66. The molecule has 0 fully saturated rings. The molecule has 0 saturated carbocycles. The van der Waals surface area contributed by atoms with Crippen LogP contribution >= 0.6 is 0 Å². The number of Topliss-reactive ketones (excluding diaryl/α,β-unsaturated/α-hetero) is 1. The molecule has 2 aromatic carbocycles. The number of anilines is 1. The average molecular weight is 391 g/mol. The zero-order valence-electron chi connectivity index (χ0n) is 15.0. The summed E-state index contributed by atoms with van der Waals surface area (Å²) in [6, 6.07) is 18.7. The fourth-order valence-electron chi connectivity index (χ4n) is 2.91. The van der Waals surface area contributed by atoms with Crippen LogP contribution in [0.15, 0.2) is 84.0 Å². The maximum absolute atomic E-state index is 12.7. The molecule has 0 spiro atoms. The van der Waals surface area contributed by atoms with Crippen molar-refractivity contribution in [3.63, 3.8) is 0 Å². The van der Waals surface area contributed by atoms with Crippen LogP contribution in [-0.4, -0.2) is 23.6 Å². The first kappa shape index (κ1) is 17.9. The molecule has 0 bridgehead atoms. The summed E-state index contributed by atoms with van der Waals surface area (Å²) >= 11 is 0. The molecule has 0 unspecified atom stereocenters. The van der Waals surface area contributed by atoms with Crippen LogP contribution in [0.1, 0.15) is 17.3 Å². The molecule has 0 aliphatic rings. The van der Waals surface area contributed by atoms with Crippen LogP contribution in [0.5, 0.6) is 0 Å². The summed E-state index contributed by atoms with van der Waals surface area (Å²) in [5, 5.41) is 0. The van der Waals surface area contributed by atoms with Crippen molar-refractivity contribution in [1.82, 2.24) is 9.38 Å². The van der Waals surface area contributed by atoms with Gasteiger partial charge in [0.05, 0.1) is 10.6 Å². The molecule has 0 amide bonds. The third-order valence-corrected chi connectivity index (χ3v) is 5.70. The lowest BCUT2D eigenvalue weighted by molar-refractivity contribution is 0.101. The Kier molecular flexibility index (Phi) is 4.44. The van der Waals surface area contributed by atoms with E-state index >= 15 is 0 Å². The van der Waals surface area contributed by atoms with Crippen molar-refractivity contribution in [1.29, 1.82) is 0 Å². The Labute approximate surface area is 162 Å². The Morgan fingerprint density at radius 1 is 1.00 bits per heavy atom. The van der Waals surface area contributed by atoms with Gasteiger partial charge in [0.1, 0.15) is 5.65 Å². The molecular formula is C21H17N3O3S. The van der Waals surface area contributed by atoms with E-state index in [1.165, 1.54) is 19.1 Å². The van der Waals surface area contributed by atoms with Crippen molar-refractivity contribution >= 4 is 27.1 Å². The Morgan fingerprint density at radius 3 is 2.61 bits per heavy atom. The highest BCUT2D eigenvalue weighted by Crippen LogP contribution is 2.24. The molecule has 28 heavy (non-hydrogen) atoms. The van der Waals surface area contributed by atoms with Gasteiger partial charge in [-0.15, -0.1) is 0 Å². The monoisotopic (exact) mass is 391 g/mol. The summed E-state index contributed by atoms with van der Waals surface area (Å²) in [6.45, 7) is 1.40. The SMILES string of the molecule is CC(=O)c1cccc(S(=O)(=O)Nc2cccc(-c3cn4ccccc4n3)c2)c1. The summed E-state index contributed by atoms with van der Waals surface area (Å²) < 4.78 is 29.9. The average Bonchev–Trinajstić information content (AvgIpc) is 3.12. The Morgan fingerprint density at radius 2 is 1.82 bits per heavy atom. The number of sulfonamides is 1. The molecule has 1 N–H and O–H groups in total. The molecule has 7 heteroatoms. The molecule has 4 aromatic rings. The lowest BCUT2D eigenvalue weighted by Crippen LogP contribution is -2.13. The van der Waals surface area contributed by atoms with E-state index in [1.54, 1.807) is 30.3 Å². The minimum Gasteiger partial charge on any atom is -0.306 e. The number of carbonyl (C=O) groups excluding carboxylic acids is 1. The van der Waals surface area contributed by atoms with E-state index in [0.717, 1.165) is 16.9 Å². The fraction of sp³-hybridized carbons (Fsp3) is 0.0476. The van der Waals surface area contributed by atoms with E-state index in [-0.39, 0.29) is 10.7 Å². The van der Waals surface area contributed by atoms with Crippen molar-refractivity contribution in [3.8, 4) is 11.3 Å². The number of nitrogens with one attached hydrogen (secondary N) is 1. The van der Waals surface area contributed by atoms with Gasteiger partial charge in [-0.3, -0.25) is 9.52 Å².